The molecule has 0 aromatic heterocycles. The van der Waals surface area contributed by atoms with Crippen molar-refractivity contribution in [3.05, 3.63) is 29.8 Å². The summed E-state index contributed by atoms with van der Waals surface area (Å²) < 4.78 is 0. The van der Waals surface area contributed by atoms with Crippen LogP contribution in [0.4, 0.5) is 4.79 Å². The van der Waals surface area contributed by atoms with Crippen molar-refractivity contribution >= 4 is 17.8 Å². The molecule has 1 aromatic rings. The van der Waals surface area contributed by atoms with E-state index in [1.54, 1.807) is 11.8 Å². The minimum Gasteiger partial charge on any atom is -0.393 e. The van der Waals surface area contributed by atoms with Crippen LogP contribution < -0.4 is 5.32 Å². The molecule has 4 nitrogen and oxygen atoms in total. The number of benzene rings is 1. The van der Waals surface area contributed by atoms with Gasteiger partial charge in [-0.15, -0.1) is 11.8 Å². The molecule has 1 saturated heterocycles. The lowest BCUT2D eigenvalue weighted by Crippen LogP contribution is -2.46. The number of piperidine rings is 1. The number of aliphatic hydroxyl groups excluding tert-OH is 1. The van der Waals surface area contributed by atoms with Gasteiger partial charge in [0.05, 0.1) is 6.10 Å². The number of nitrogens with zero attached hydrogens (tertiary/aromatic N) is 1. The van der Waals surface area contributed by atoms with Gasteiger partial charge in [-0.05, 0) is 44.7 Å². The summed E-state index contributed by atoms with van der Waals surface area (Å²) in [7, 11) is 0. The molecule has 0 bridgehead atoms. The number of hydrogen-bond donors (Lipinski definition) is 2. The van der Waals surface area contributed by atoms with E-state index in [9.17, 15) is 9.90 Å². The summed E-state index contributed by atoms with van der Waals surface area (Å²) in [5.74, 6) is 1.21. The lowest BCUT2D eigenvalue weighted by molar-refractivity contribution is 0.0799. The van der Waals surface area contributed by atoms with Crippen molar-refractivity contribution in [3.63, 3.8) is 0 Å². The maximum Gasteiger partial charge on any atom is 0.317 e. The Kier molecular flexibility index (Phi) is 6.58. The SMILES string of the molecule is Cc1ccc(SCCNC(=O)N2CCC(C(C)O)CC2)cc1. The third-order valence-electron chi connectivity index (χ3n) is 4.18. The number of aliphatic hydroxyl groups is 1. The second kappa shape index (κ2) is 8.44. The Morgan fingerprint density at radius 3 is 2.59 bits per heavy atom. The highest BCUT2D eigenvalue weighted by atomic mass is 32.2. The second-order valence-electron chi connectivity index (χ2n) is 5.96. The topological polar surface area (TPSA) is 52.6 Å². The normalized spacial score (nSPS) is 17.3. The minimum absolute atomic E-state index is 0.0218. The average molecular weight is 322 g/mol. The van der Waals surface area contributed by atoms with Crippen LogP contribution >= 0.6 is 11.8 Å². The Balaban J connectivity index is 1.63. The maximum atomic E-state index is 12.1. The summed E-state index contributed by atoms with van der Waals surface area (Å²) in [5.41, 5.74) is 1.26. The molecule has 1 aliphatic heterocycles. The number of carbonyl (C=O) groups is 1. The van der Waals surface area contributed by atoms with Gasteiger partial charge in [-0.2, -0.15) is 0 Å². The van der Waals surface area contributed by atoms with Gasteiger partial charge in [0.15, 0.2) is 0 Å². The molecule has 0 saturated carbocycles. The first-order valence-electron chi connectivity index (χ1n) is 7.96. The smallest absolute Gasteiger partial charge is 0.317 e. The molecule has 1 heterocycles. The van der Waals surface area contributed by atoms with Gasteiger partial charge in [0.1, 0.15) is 0 Å². The number of urea groups is 1. The molecule has 22 heavy (non-hydrogen) atoms. The Bertz CT molecular complexity index is 468. The van der Waals surface area contributed by atoms with Crippen molar-refractivity contribution in [1.29, 1.82) is 0 Å². The lowest BCUT2D eigenvalue weighted by atomic mass is 9.92. The summed E-state index contributed by atoms with van der Waals surface area (Å²) in [6.45, 7) is 6.07. The standard InChI is InChI=1S/C17H26N2O2S/c1-13-3-5-16(6-4-13)22-12-9-18-17(21)19-10-7-15(8-11-19)14(2)20/h3-6,14-15,20H,7-12H2,1-2H3,(H,18,21). The Hall–Kier alpha value is -1.20. The van der Waals surface area contributed by atoms with Gasteiger partial charge in [0.2, 0.25) is 0 Å². The van der Waals surface area contributed by atoms with E-state index in [2.05, 4.69) is 36.5 Å². The number of amides is 2. The number of thioether (sulfide) groups is 1. The minimum atomic E-state index is -0.267. The summed E-state index contributed by atoms with van der Waals surface area (Å²) in [6.07, 6.45) is 1.52. The van der Waals surface area contributed by atoms with Gasteiger partial charge < -0.3 is 15.3 Å². The van der Waals surface area contributed by atoms with Crippen LogP contribution in [0.3, 0.4) is 0 Å². The van der Waals surface area contributed by atoms with Gasteiger partial charge >= 0.3 is 6.03 Å². The molecule has 0 radical (unpaired) electrons. The monoisotopic (exact) mass is 322 g/mol. The molecule has 2 N–H and O–H groups in total. The predicted octanol–water partition coefficient (Wildman–Crippen LogP) is 2.89. The molecular weight excluding hydrogens is 296 g/mol. The first-order chi connectivity index (χ1) is 10.6. The van der Waals surface area contributed by atoms with Crippen molar-refractivity contribution in [1.82, 2.24) is 10.2 Å². The Morgan fingerprint density at radius 2 is 2.00 bits per heavy atom. The molecule has 1 aliphatic rings. The first kappa shape index (κ1) is 17.2. The molecule has 5 heteroatoms. The molecule has 1 aromatic carbocycles. The Labute approximate surface area is 137 Å². The summed E-state index contributed by atoms with van der Waals surface area (Å²) >= 11 is 1.76. The van der Waals surface area contributed by atoms with Crippen molar-refractivity contribution in [2.24, 2.45) is 5.92 Å². The summed E-state index contributed by atoms with van der Waals surface area (Å²) in [5, 5.41) is 12.6. The average Bonchev–Trinajstić information content (AvgIpc) is 2.53. The molecule has 2 rings (SSSR count). The zero-order valence-corrected chi connectivity index (χ0v) is 14.2. The quantitative estimate of drug-likeness (QED) is 0.647. The molecule has 1 atom stereocenters. The summed E-state index contributed by atoms with van der Waals surface area (Å²) in [6, 6.07) is 8.46. The molecular formula is C17H26N2O2S. The van der Waals surface area contributed by atoms with Crippen LogP contribution in [0.2, 0.25) is 0 Å². The van der Waals surface area contributed by atoms with E-state index in [1.807, 2.05) is 11.8 Å². The highest BCUT2D eigenvalue weighted by Gasteiger charge is 2.25. The number of likely N-dealkylation sites (tertiary alicyclic amines) is 1. The fourth-order valence-electron chi connectivity index (χ4n) is 2.66. The zero-order chi connectivity index (χ0) is 15.9. The van der Waals surface area contributed by atoms with Crippen LogP contribution in [-0.4, -0.2) is 47.5 Å². The van der Waals surface area contributed by atoms with Crippen LogP contribution in [0.25, 0.3) is 0 Å². The van der Waals surface area contributed by atoms with Crippen molar-refractivity contribution in [2.45, 2.75) is 37.7 Å². The third-order valence-corrected chi connectivity index (χ3v) is 5.19. The maximum absolute atomic E-state index is 12.1. The van der Waals surface area contributed by atoms with E-state index < -0.39 is 0 Å². The number of nitrogens with one attached hydrogen (secondary N) is 1. The van der Waals surface area contributed by atoms with Crippen LogP contribution in [0.15, 0.2) is 29.2 Å². The van der Waals surface area contributed by atoms with E-state index in [-0.39, 0.29) is 12.1 Å². The molecule has 1 fully saturated rings. The number of rotatable bonds is 5. The number of carbonyl (C=O) groups excluding carboxylic acids is 1. The second-order valence-corrected chi connectivity index (χ2v) is 7.13. The number of hydrogen-bond acceptors (Lipinski definition) is 3. The molecule has 1 unspecified atom stereocenters. The number of aryl methyl sites for hydroxylation is 1. The predicted molar refractivity (Wildman–Crippen MR) is 91.3 cm³/mol. The molecule has 2 amide bonds. The molecule has 0 aliphatic carbocycles. The van der Waals surface area contributed by atoms with Gasteiger partial charge in [-0.1, -0.05) is 17.7 Å². The van der Waals surface area contributed by atoms with Gasteiger partial charge in [0.25, 0.3) is 0 Å². The van der Waals surface area contributed by atoms with Gasteiger partial charge in [-0.25, -0.2) is 4.79 Å². The van der Waals surface area contributed by atoms with E-state index in [0.717, 1.165) is 31.7 Å². The van der Waals surface area contributed by atoms with Gasteiger partial charge in [-0.3, -0.25) is 0 Å². The highest BCUT2D eigenvalue weighted by Crippen LogP contribution is 2.20. The van der Waals surface area contributed by atoms with Crippen LogP contribution in [0, 0.1) is 12.8 Å². The fourth-order valence-corrected chi connectivity index (χ4v) is 3.43. The largest absolute Gasteiger partial charge is 0.393 e. The van der Waals surface area contributed by atoms with Gasteiger partial charge in [0, 0.05) is 30.3 Å². The Morgan fingerprint density at radius 1 is 1.36 bits per heavy atom. The van der Waals surface area contributed by atoms with Crippen molar-refractivity contribution in [2.75, 3.05) is 25.4 Å². The van der Waals surface area contributed by atoms with Crippen LogP contribution in [0.1, 0.15) is 25.3 Å². The zero-order valence-electron chi connectivity index (χ0n) is 13.4. The molecule has 0 spiro atoms. The van der Waals surface area contributed by atoms with E-state index >= 15 is 0 Å². The van der Waals surface area contributed by atoms with E-state index in [0.29, 0.717) is 12.5 Å². The van der Waals surface area contributed by atoms with Crippen molar-refractivity contribution in [3.8, 4) is 0 Å². The van der Waals surface area contributed by atoms with Crippen molar-refractivity contribution < 1.29 is 9.90 Å². The van der Waals surface area contributed by atoms with E-state index in [4.69, 9.17) is 0 Å². The van der Waals surface area contributed by atoms with E-state index in [1.165, 1.54) is 10.5 Å². The summed E-state index contributed by atoms with van der Waals surface area (Å²) in [4.78, 5) is 15.2. The third kappa shape index (κ3) is 5.21. The lowest BCUT2D eigenvalue weighted by Gasteiger charge is -2.33. The fraction of sp³-hybridized carbons (Fsp3) is 0.588. The van der Waals surface area contributed by atoms with Crippen LogP contribution in [-0.2, 0) is 0 Å². The van der Waals surface area contributed by atoms with Crippen LogP contribution in [0.5, 0.6) is 0 Å². The molecule has 122 valence electrons. The highest BCUT2D eigenvalue weighted by molar-refractivity contribution is 7.99. The first-order valence-corrected chi connectivity index (χ1v) is 8.95.